The number of carbonyl (C=O) groups is 1. The van der Waals surface area contributed by atoms with Gasteiger partial charge in [0.2, 0.25) is 5.91 Å². The molecule has 5 nitrogen and oxygen atoms in total. The zero-order valence-corrected chi connectivity index (χ0v) is 13.6. The molecule has 1 saturated heterocycles. The maximum atomic E-state index is 11.8. The Labute approximate surface area is 128 Å². The van der Waals surface area contributed by atoms with Crippen LogP contribution in [0.3, 0.4) is 0 Å². The number of nitrogens with two attached hydrogens (primary N) is 1. The second kappa shape index (κ2) is 10.7. The first-order chi connectivity index (χ1) is 8.00. The van der Waals surface area contributed by atoms with Crippen molar-refractivity contribution in [1.29, 1.82) is 0 Å². The number of rotatable bonds is 5. The molecular weight excluding hydrogens is 289 g/mol. The average molecular weight is 316 g/mol. The monoisotopic (exact) mass is 315 g/mol. The maximum Gasteiger partial charge on any atom is 0.224 e. The van der Waals surface area contributed by atoms with Crippen molar-refractivity contribution in [3.05, 3.63) is 0 Å². The molecule has 3 atom stereocenters. The highest BCUT2D eigenvalue weighted by atomic mass is 35.5. The molecule has 19 heavy (non-hydrogen) atoms. The first-order valence-corrected chi connectivity index (χ1v) is 6.36. The molecule has 0 aromatic rings. The molecule has 0 radical (unpaired) electrons. The van der Waals surface area contributed by atoms with Gasteiger partial charge >= 0.3 is 0 Å². The van der Waals surface area contributed by atoms with Gasteiger partial charge in [-0.3, -0.25) is 9.69 Å². The zero-order valence-electron chi connectivity index (χ0n) is 11.9. The smallest absolute Gasteiger partial charge is 0.224 e. The van der Waals surface area contributed by atoms with E-state index in [-0.39, 0.29) is 48.7 Å². The molecule has 1 aliphatic heterocycles. The Morgan fingerprint density at radius 1 is 1.26 bits per heavy atom. The third-order valence-corrected chi connectivity index (χ3v) is 3.23. The van der Waals surface area contributed by atoms with Crippen LogP contribution in [0.4, 0.5) is 0 Å². The topological polar surface area (TPSA) is 67.6 Å². The van der Waals surface area contributed by atoms with Gasteiger partial charge in [-0.25, -0.2) is 0 Å². The molecule has 0 bridgehead atoms. The molecule has 1 fully saturated rings. The van der Waals surface area contributed by atoms with Crippen LogP contribution in [0.25, 0.3) is 0 Å². The van der Waals surface area contributed by atoms with Gasteiger partial charge in [-0.05, 0) is 13.8 Å². The van der Waals surface area contributed by atoms with E-state index in [1.54, 1.807) is 0 Å². The molecule has 0 aromatic carbocycles. The Morgan fingerprint density at radius 2 is 1.79 bits per heavy atom. The lowest BCUT2D eigenvalue weighted by Crippen LogP contribution is -2.48. The molecule has 1 aliphatic rings. The van der Waals surface area contributed by atoms with Crippen LogP contribution in [0, 0.1) is 5.92 Å². The van der Waals surface area contributed by atoms with Crippen LogP contribution in [0.1, 0.15) is 20.8 Å². The van der Waals surface area contributed by atoms with Crippen molar-refractivity contribution >= 4 is 30.7 Å². The summed E-state index contributed by atoms with van der Waals surface area (Å²) in [6.07, 6.45) is 0. The van der Waals surface area contributed by atoms with E-state index in [0.29, 0.717) is 0 Å². The molecule has 116 valence electrons. The van der Waals surface area contributed by atoms with Crippen LogP contribution in [-0.2, 0) is 9.53 Å². The Bertz CT molecular complexity index is 249. The van der Waals surface area contributed by atoms with Crippen LogP contribution in [0.5, 0.6) is 0 Å². The third-order valence-electron chi connectivity index (χ3n) is 3.23. The van der Waals surface area contributed by atoms with Gasteiger partial charge in [0.05, 0.1) is 13.2 Å². The number of hydrogen-bond donors (Lipinski definition) is 2. The summed E-state index contributed by atoms with van der Waals surface area (Å²) in [6, 6.07) is 0.0485. The summed E-state index contributed by atoms with van der Waals surface area (Å²) in [5.74, 6) is -0.0945. The number of amides is 1. The molecule has 7 heteroatoms. The van der Waals surface area contributed by atoms with Crippen molar-refractivity contribution in [3.8, 4) is 0 Å². The van der Waals surface area contributed by atoms with E-state index in [1.165, 1.54) is 0 Å². The number of nitrogens with zero attached hydrogens (tertiary/aromatic N) is 1. The Morgan fingerprint density at radius 3 is 2.26 bits per heavy atom. The van der Waals surface area contributed by atoms with Crippen molar-refractivity contribution in [2.75, 3.05) is 32.8 Å². The van der Waals surface area contributed by atoms with Crippen molar-refractivity contribution < 1.29 is 9.53 Å². The Kier molecular flexibility index (Phi) is 11.9. The van der Waals surface area contributed by atoms with Crippen LogP contribution in [0.15, 0.2) is 0 Å². The molecule has 1 heterocycles. The van der Waals surface area contributed by atoms with E-state index in [1.807, 2.05) is 20.8 Å². The van der Waals surface area contributed by atoms with Gasteiger partial charge in [-0.15, -0.1) is 24.8 Å². The first-order valence-electron chi connectivity index (χ1n) is 6.36. The van der Waals surface area contributed by atoms with Gasteiger partial charge in [0.15, 0.2) is 0 Å². The molecular formula is C12H27Cl2N3O2. The van der Waals surface area contributed by atoms with Crippen molar-refractivity contribution in [2.24, 2.45) is 11.7 Å². The van der Waals surface area contributed by atoms with Gasteiger partial charge < -0.3 is 15.8 Å². The van der Waals surface area contributed by atoms with E-state index < -0.39 is 0 Å². The SMILES string of the molecule is CC(CN1CCOCC1)NC(=O)C(C)C(C)N.Cl.Cl. The van der Waals surface area contributed by atoms with Crippen LogP contribution >= 0.6 is 24.8 Å². The van der Waals surface area contributed by atoms with E-state index in [9.17, 15) is 4.79 Å². The fourth-order valence-electron chi connectivity index (χ4n) is 1.83. The molecule has 1 rings (SSSR count). The summed E-state index contributed by atoms with van der Waals surface area (Å²) in [4.78, 5) is 14.1. The fraction of sp³-hybridized carbons (Fsp3) is 0.917. The van der Waals surface area contributed by atoms with Gasteiger partial charge in [-0.1, -0.05) is 6.92 Å². The highest BCUT2D eigenvalue weighted by Gasteiger charge is 2.20. The van der Waals surface area contributed by atoms with E-state index >= 15 is 0 Å². The molecule has 0 aliphatic carbocycles. The van der Waals surface area contributed by atoms with Crippen molar-refractivity contribution in [2.45, 2.75) is 32.9 Å². The predicted octanol–water partition coefficient (Wildman–Crippen LogP) is 0.650. The number of hydrogen-bond acceptors (Lipinski definition) is 4. The zero-order chi connectivity index (χ0) is 12.8. The van der Waals surface area contributed by atoms with Gasteiger partial charge in [0.25, 0.3) is 0 Å². The molecule has 0 spiro atoms. The fourth-order valence-corrected chi connectivity index (χ4v) is 1.83. The van der Waals surface area contributed by atoms with E-state index in [4.69, 9.17) is 10.5 Å². The van der Waals surface area contributed by atoms with Crippen LogP contribution in [-0.4, -0.2) is 55.7 Å². The highest BCUT2D eigenvalue weighted by Crippen LogP contribution is 2.02. The second-order valence-electron chi connectivity index (χ2n) is 4.97. The Hall–Kier alpha value is -0.0700. The van der Waals surface area contributed by atoms with E-state index in [0.717, 1.165) is 32.8 Å². The first kappa shape index (κ1) is 21.2. The average Bonchev–Trinajstić information content (AvgIpc) is 2.28. The minimum absolute atomic E-state index is 0. The molecule has 1 amide bonds. The standard InChI is InChI=1S/C12H25N3O2.2ClH/c1-9(8-15-4-6-17-7-5-15)14-12(16)10(2)11(3)13;;/h9-11H,4-8,13H2,1-3H3,(H,14,16);2*1H. The number of ether oxygens (including phenoxy) is 1. The molecule has 3 N–H and O–H groups in total. The molecule has 3 unspecified atom stereocenters. The van der Waals surface area contributed by atoms with Gasteiger partial charge in [0, 0.05) is 37.6 Å². The quantitative estimate of drug-likeness (QED) is 0.781. The second-order valence-corrected chi connectivity index (χ2v) is 4.97. The maximum absolute atomic E-state index is 11.8. The van der Waals surface area contributed by atoms with Crippen molar-refractivity contribution in [3.63, 3.8) is 0 Å². The third kappa shape index (κ3) is 7.95. The summed E-state index contributed by atoms with van der Waals surface area (Å²) in [6.45, 7) is 10.1. The number of halogens is 2. The normalized spacial score (nSPS) is 20.4. The van der Waals surface area contributed by atoms with Crippen molar-refractivity contribution in [1.82, 2.24) is 10.2 Å². The predicted molar refractivity (Wildman–Crippen MR) is 82.2 cm³/mol. The number of nitrogens with one attached hydrogen (secondary N) is 1. The summed E-state index contributed by atoms with van der Waals surface area (Å²) in [7, 11) is 0. The summed E-state index contributed by atoms with van der Waals surface area (Å²) in [5, 5.41) is 3.01. The molecule has 0 aromatic heterocycles. The van der Waals surface area contributed by atoms with Crippen LogP contribution in [0.2, 0.25) is 0 Å². The Balaban J connectivity index is 0. The van der Waals surface area contributed by atoms with Gasteiger partial charge in [0.1, 0.15) is 0 Å². The summed E-state index contributed by atoms with van der Waals surface area (Å²) >= 11 is 0. The number of carbonyl (C=O) groups excluding carboxylic acids is 1. The lowest BCUT2D eigenvalue weighted by atomic mass is 10.0. The van der Waals surface area contributed by atoms with E-state index in [2.05, 4.69) is 10.2 Å². The highest BCUT2D eigenvalue weighted by molar-refractivity contribution is 5.85. The van der Waals surface area contributed by atoms with Crippen LogP contribution < -0.4 is 11.1 Å². The summed E-state index contributed by atoms with van der Waals surface area (Å²) in [5.41, 5.74) is 5.71. The largest absolute Gasteiger partial charge is 0.379 e. The van der Waals surface area contributed by atoms with Gasteiger partial charge in [-0.2, -0.15) is 0 Å². The minimum atomic E-state index is -0.137. The minimum Gasteiger partial charge on any atom is -0.379 e. The number of morpholine rings is 1. The molecule has 0 saturated carbocycles. The lowest BCUT2D eigenvalue weighted by Gasteiger charge is -2.30. The lowest BCUT2D eigenvalue weighted by molar-refractivity contribution is -0.125. The summed E-state index contributed by atoms with van der Waals surface area (Å²) < 4.78 is 5.29.